The van der Waals surface area contributed by atoms with Gasteiger partial charge >= 0.3 is 0 Å². The van der Waals surface area contributed by atoms with E-state index in [1.165, 1.54) is 17.5 Å². The molecule has 1 saturated heterocycles. The van der Waals surface area contributed by atoms with Crippen LogP contribution in [-0.2, 0) is 11.0 Å². The van der Waals surface area contributed by atoms with Crippen molar-refractivity contribution >= 4 is 34.5 Å². The van der Waals surface area contributed by atoms with Crippen LogP contribution in [0.1, 0.15) is 30.5 Å². The van der Waals surface area contributed by atoms with Crippen LogP contribution in [0.25, 0.3) is 0 Å². The van der Waals surface area contributed by atoms with E-state index in [9.17, 15) is 4.21 Å². The fourth-order valence-electron chi connectivity index (χ4n) is 2.78. The highest BCUT2D eigenvalue weighted by atomic mass is 32.2. The Balaban J connectivity index is 1.87. The minimum absolute atomic E-state index is 0.0139. The molecular formula is C19H23NOS3. The van der Waals surface area contributed by atoms with E-state index < -0.39 is 11.0 Å². The van der Waals surface area contributed by atoms with Crippen LogP contribution in [0.4, 0.5) is 0 Å². The molecule has 0 spiro atoms. The van der Waals surface area contributed by atoms with Gasteiger partial charge in [0.2, 0.25) is 0 Å². The number of thioether (sulfide) groups is 2. The first-order chi connectivity index (χ1) is 11.6. The summed E-state index contributed by atoms with van der Waals surface area (Å²) in [7, 11) is -1.23. The minimum atomic E-state index is -1.23. The Morgan fingerprint density at radius 2 is 1.67 bits per heavy atom. The number of benzene rings is 2. The molecule has 5 heteroatoms. The van der Waals surface area contributed by atoms with Gasteiger partial charge in [0.15, 0.2) is 0 Å². The molecule has 0 aromatic heterocycles. The van der Waals surface area contributed by atoms with Gasteiger partial charge in [-0.2, -0.15) is 0 Å². The maximum atomic E-state index is 12.9. The summed E-state index contributed by atoms with van der Waals surface area (Å²) in [6.45, 7) is 4.32. The molecule has 2 nitrogen and oxygen atoms in total. The predicted molar refractivity (Wildman–Crippen MR) is 108 cm³/mol. The van der Waals surface area contributed by atoms with Crippen molar-refractivity contribution < 1.29 is 4.21 Å². The van der Waals surface area contributed by atoms with Crippen molar-refractivity contribution in [2.24, 2.45) is 0 Å². The van der Waals surface area contributed by atoms with Gasteiger partial charge in [-0.3, -0.25) is 0 Å². The monoisotopic (exact) mass is 377 g/mol. The smallest absolute Gasteiger partial charge is 0.125 e. The molecule has 1 N–H and O–H groups in total. The average molecular weight is 378 g/mol. The lowest BCUT2D eigenvalue weighted by Gasteiger charge is -2.39. The van der Waals surface area contributed by atoms with Gasteiger partial charge in [0.25, 0.3) is 0 Å². The van der Waals surface area contributed by atoms with Gasteiger partial charge in [0.1, 0.15) is 11.0 Å². The highest BCUT2D eigenvalue weighted by molar-refractivity contribution is 8.18. The largest absolute Gasteiger partial charge is 0.237 e. The minimum Gasteiger partial charge on any atom is -0.237 e. The molecule has 1 aliphatic rings. The number of hydrogen-bond donors (Lipinski definition) is 1. The molecule has 0 aliphatic carbocycles. The van der Waals surface area contributed by atoms with Gasteiger partial charge < -0.3 is 0 Å². The first-order valence-electron chi connectivity index (χ1n) is 8.16. The number of nitrogens with one attached hydrogen (secondary N) is 1. The molecule has 0 amide bonds. The average Bonchev–Trinajstić information content (AvgIpc) is 2.61. The summed E-state index contributed by atoms with van der Waals surface area (Å²) in [6.07, 6.45) is 1.24. The van der Waals surface area contributed by atoms with E-state index in [0.29, 0.717) is 0 Å². The Morgan fingerprint density at radius 3 is 2.29 bits per heavy atom. The molecule has 0 saturated carbocycles. The van der Waals surface area contributed by atoms with Crippen molar-refractivity contribution in [1.29, 1.82) is 0 Å². The molecule has 2 aromatic rings. The highest BCUT2D eigenvalue weighted by Gasteiger charge is 2.39. The van der Waals surface area contributed by atoms with Crippen molar-refractivity contribution in [3.05, 3.63) is 65.7 Å². The molecule has 0 radical (unpaired) electrons. The van der Waals surface area contributed by atoms with Crippen molar-refractivity contribution in [2.75, 3.05) is 11.5 Å². The zero-order valence-corrected chi connectivity index (χ0v) is 16.5. The maximum absolute atomic E-state index is 12.9. The Morgan fingerprint density at radius 1 is 1.04 bits per heavy atom. The van der Waals surface area contributed by atoms with E-state index in [4.69, 9.17) is 0 Å². The number of hydrogen-bond acceptors (Lipinski definition) is 3. The summed E-state index contributed by atoms with van der Waals surface area (Å²) in [5.41, 5.74) is 2.38. The quantitative estimate of drug-likeness (QED) is 0.800. The lowest BCUT2D eigenvalue weighted by atomic mass is 10.1. The molecule has 0 unspecified atom stereocenters. The third-order valence-electron chi connectivity index (χ3n) is 4.18. The Labute approximate surface area is 155 Å². The lowest BCUT2D eigenvalue weighted by molar-refractivity contribution is 0.598. The van der Waals surface area contributed by atoms with Crippen LogP contribution < -0.4 is 4.72 Å². The second-order valence-electron chi connectivity index (χ2n) is 6.11. The molecule has 0 bridgehead atoms. The van der Waals surface area contributed by atoms with Crippen LogP contribution in [0.3, 0.4) is 0 Å². The van der Waals surface area contributed by atoms with Crippen LogP contribution in [0.15, 0.2) is 59.5 Å². The van der Waals surface area contributed by atoms with Crippen molar-refractivity contribution in [3.63, 3.8) is 0 Å². The summed E-state index contributed by atoms with van der Waals surface area (Å²) >= 11 is 3.95. The molecule has 24 heavy (non-hydrogen) atoms. The Bertz CT molecular complexity index is 682. The van der Waals surface area contributed by atoms with Gasteiger partial charge in [0, 0.05) is 0 Å². The summed E-state index contributed by atoms with van der Waals surface area (Å²) in [5.74, 6) is 2.32. The fraction of sp³-hybridized carbons (Fsp3) is 0.368. The molecule has 2 aromatic carbocycles. The van der Waals surface area contributed by atoms with E-state index in [0.717, 1.165) is 16.4 Å². The number of rotatable bonds is 5. The summed E-state index contributed by atoms with van der Waals surface area (Å²) in [4.78, 5) is 0.830. The second-order valence-corrected chi connectivity index (χ2v) is 10.7. The topological polar surface area (TPSA) is 29.1 Å². The Kier molecular flexibility index (Phi) is 6.08. The Hall–Kier alpha value is -0.750. The zero-order chi connectivity index (χ0) is 17.0. The van der Waals surface area contributed by atoms with Gasteiger partial charge in [0.05, 0.1) is 15.0 Å². The highest BCUT2D eigenvalue weighted by Crippen LogP contribution is 2.50. The zero-order valence-electron chi connectivity index (χ0n) is 14.0. The molecule has 128 valence electrons. The lowest BCUT2D eigenvalue weighted by Crippen LogP contribution is -2.39. The van der Waals surface area contributed by atoms with E-state index in [1.807, 2.05) is 60.8 Å². The van der Waals surface area contributed by atoms with Crippen molar-refractivity contribution in [3.8, 4) is 0 Å². The van der Waals surface area contributed by atoms with Gasteiger partial charge in [-0.15, -0.1) is 23.5 Å². The predicted octanol–water partition coefficient (Wildman–Crippen LogP) is 4.93. The van der Waals surface area contributed by atoms with Crippen molar-refractivity contribution in [1.82, 2.24) is 4.72 Å². The van der Waals surface area contributed by atoms with Gasteiger partial charge in [-0.25, -0.2) is 8.93 Å². The summed E-state index contributed by atoms with van der Waals surface area (Å²) < 4.78 is 16.3. The third kappa shape index (κ3) is 4.26. The number of aryl methyl sites for hydroxylation is 1. The van der Waals surface area contributed by atoms with Gasteiger partial charge in [-0.05, 0) is 49.5 Å². The second kappa shape index (κ2) is 8.09. The summed E-state index contributed by atoms with van der Waals surface area (Å²) in [6, 6.07) is 18.4. The first kappa shape index (κ1) is 18.1. The SMILES string of the molecule is Cc1ccc([S@](=O)N[C@@H](c2ccccc2)C2(C)SCCCS2)cc1. The van der Waals surface area contributed by atoms with Crippen LogP contribution in [0.5, 0.6) is 0 Å². The molecular weight excluding hydrogens is 354 g/mol. The van der Waals surface area contributed by atoms with Gasteiger partial charge in [-0.1, -0.05) is 48.0 Å². The van der Waals surface area contributed by atoms with E-state index >= 15 is 0 Å². The third-order valence-corrected chi connectivity index (χ3v) is 8.64. The molecule has 3 rings (SSSR count). The molecule has 2 atom stereocenters. The summed E-state index contributed by atoms with van der Waals surface area (Å²) in [5, 5.41) is 0. The van der Waals surface area contributed by atoms with Crippen molar-refractivity contribution in [2.45, 2.75) is 35.3 Å². The fourth-order valence-corrected chi connectivity index (χ4v) is 7.16. The van der Waals surface area contributed by atoms with Crippen LogP contribution in [0.2, 0.25) is 0 Å². The van der Waals surface area contributed by atoms with Crippen LogP contribution >= 0.6 is 23.5 Å². The van der Waals surface area contributed by atoms with E-state index in [1.54, 1.807) is 0 Å². The normalized spacial score (nSPS) is 19.6. The standard InChI is InChI=1S/C19H23NOS3/c1-15-9-11-17(12-10-15)24(21)20-18(16-7-4-3-5-8-16)19(2)22-13-6-14-23-19/h3-5,7-12,18,20H,6,13-14H2,1-2H3/t18-,24-/m0/s1. The maximum Gasteiger partial charge on any atom is 0.125 e. The molecule has 1 aliphatic heterocycles. The van der Waals surface area contributed by atoms with Crippen LogP contribution in [-0.4, -0.2) is 19.8 Å². The molecule has 1 heterocycles. The first-order valence-corrected chi connectivity index (χ1v) is 11.3. The van der Waals surface area contributed by atoms with Crippen LogP contribution in [0, 0.1) is 6.92 Å². The van der Waals surface area contributed by atoms with E-state index in [2.05, 4.69) is 35.9 Å². The molecule has 1 fully saturated rings. The van der Waals surface area contributed by atoms with E-state index in [-0.39, 0.29) is 10.1 Å².